The Morgan fingerprint density at radius 3 is 2.26 bits per heavy atom. The molecule has 3 heterocycles. The standard InChI is InChI=1S/C29H30F6N4O3/c1-16-6-4-5-7-22(16)25-23-14-38(26-36-24(40)15-42-26)13-18(23)8-9-39(25)27(41)37(3)17(2)19-10-20(28(30,31)32)12-21(11-19)29(33,34)35/h4-7,10-12,17-18,23,25H,8-9,13-15H2,1-3H3/t17-,18-,23-,25+/m1/s1. The van der Waals surface area contributed by atoms with E-state index in [0.717, 1.165) is 11.1 Å². The number of carbonyl (C=O) groups is 2. The number of hydrogen-bond donors (Lipinski definition) is 0. The minimum atomic E-state index is -5.00. The minimum Gasteiger partial charge on any atom is -0.455 e. The average Bonchev–Trinajstić information content (AvgIpc) is 3.56. The molecule has 0 unspecified atom stereocenters. The molecule has 42 heavy (non-hydrogen) atoms. The van der Waals surface area contributed by atoms with E-state index >= 15 is 0 Å². The Labute approximate surface area is 238 Å². The topological polar surface area (TPSA) is 65.5 Å². The van der Waals surface area contributed by atoms with Crippen LogP contribution < -0.4 is 0 Å². The number of likely N-dealkylation sites (tertiary alicyclic amines) is 2. The van der Waals surface area contributed by atoms with Crippen molar-refractivity contribution in [2.24, 2.45) is 16.8 Å². The minimum absolute atomic E-state index is 0.0782. The van der Waals surface area contributed by atoms with Crippen molar-refractivity contribution in [2.45, 2.75) is 44.7 Å². The van der Waals surface area contributed by atoms with E-state index < -0.39 is 41.6 Å². The molecule has 0 radical (unpaired) electrons. The van der Waals surface area contributed by atoms with Crippen LogP contribution in [0.4, 0.5) is 31.1 Å². The molecule has 2 aromatic carbocycles. The van der Waals surface area contributed by atoms with Gasteiger partial charge in [0.05, 0.1) is 23.2 Å². The maximum Gasteiger partial charge on any atom is 0.416 e. The van der Waals surface area contributed by atoms with Crippen molar-refractivity contribution in [1.82, 2.24) is 14.7 Å². The van der Waals surface area contributed by atoms with Crippen molar-refractivity contribution < 1.29 is 40.7 Å². The second-order valence-electron chi connectivity index (χ2n) is 11.1. The summed E-state index contributed by atoms with van der Waals surface area (Å²) < 4.78 is 86.6. The van der Waals surface area contributed by atoms with E-state index in [1.54, 1.807) is 4.90 Å². The third kappa shape index (κ3) is 5.65. The highest BCUT2D eigenvalue weighted by molar-refractivity contribution is 5.96. The van der Waals surface area contributed by atoms with E-state index in [-0.39, 0.29) is 42.0 Å². The van der Waals surface area contributed by atoms with Crippen LogP contribution in [0.15, 0.2) is 47.5 Å². The first-order chi connectivity index (χ1) is 19.6. The molecule has 3 aliphatic heterocycles. The smallest absolute Gasteiger partial charge is 0.416 e. The van der Waals surface area contributed by atoms with Crippen LogP contribution >= 0.6 is 0 Å². The van der Waals surface area contributed by atoms with Crippen LogP contribution in [0.1, 0.15) is 53.2 Å². The number of aryl methyl sites for hydroxylation is 1. The van der Waals surface area contributed by atoms with Crippen molar-refractivity contribution in [3.63, 3.8) is 0 Å². The monoisotopic (exact) mass is 596 g/mol. The largest absolute Gasteiger partial charge is 0.455 e. The maximum atomic E-state index is 14.0. The summed E-state index contributed by atoms with van der Waals surface area (Å²) in [6.07, 6.45) is -9.38. The second-order valence-corrected chi connectivity index (χ2v) is 11.1. The molecular formula is C29H30F6N4O3. The lowest BCUT2D eigenvalue weighted by Crippen LogP contribution is -2.51. The average molecular weight is 597 g/mol. The summed E-state index contributed by atoms with van der Waals surface area (Å²) >= 11 is 0. The van der Waals surface area contributed by atoms with E-state index in [1.807, 2.05) is 36.1 Å². The van der Waals surface area contributed by atoms with Crippen molar-refractivity contribution >= 4 is 18.0 Å². The molecule has 0 N–H and O–H groups in total. The molecule has 4 atom stereocenters. The number of rotatable bonds is 3. The van der Waals surface area contributed by atoms with Gasteiger partial charge in [0.25, 0.3) is 11.9 Å². The number of alkyl halides is 6. The number of urea groups is 1. The molecule has 3 amide bonds. The molecule has 0 bridgehead atoms. The van der Waals surface area contributed by atoms with Gasteiger partial charge in [0.1, 0.15) is 0 Å². The summed E-state index contributed by atoms with van der Waals surface area (Å²) in [5.74, 6) is -0.313. The van der Waals surface area contributed by atoms with Crippen LogP contribution in [0.25, 0.3) is 0 Å². The van der Waals surface area contributed by atoms with Gasteiger partial charge in [-0.15, -0.1) is 0 Å². The number of hydrogen-bond acceptors (Lipinski definition) is 4. The fraction of sp³-hybridized carbons (Fsp3) is 0.483. The lowest BCUT2D eigenvalue weighted by atomic mass is 9.78. The molecule has 0 saturated carbocycles. The number of piperidine rings is 1. The van der Waals surface area contributed by atoms with Crippen LogP contribution in [0.5, 0.6) is 0 Å². The Bertz CT molecular complexity index is 1380. The van der Waals surface area contributed by atoms with Gasteiger partial charge in [-0.3, -0.25) is 4.79 Å². The number of aliphatic imine (C=N–C) groups is 1. The number of amidine groups is 1. The van der Waals surface area contributed by atoms with Gasteiger partial charge in [0.2, 0.25) is 0 Å². The molecular weight excluding hydrogens is 566 g/mol. The van der Waals surface area contributed by atoms with Crippen molar-refractivity contribution in [2.75, 3.05) is 33.3 Å². The van der Waals surface area contributed by atoms with E-state index in [0.29, 0.717) is 38.2 Å². The van der Waals surface area contributed by atoms with Gasteiger partial charge in [0, 0.05) is 32.6 Å². The maximum absolute atomic E-state index is 14.0. The highest BCUT2D eigenvalue weighted by Crippen LogP contribution is 2.46. The molecule has 0 aromatic heterocycles. The van der Waals surface area contributed by atoms with E-state index in [1.165, 1.54) is 18.9 Å². The fourth-order valence-electron chi connectivity index (χ4n) is 6.19. The molecule has 13 heteroatoms. The summed E-state index contributed by atoms with van der Waals surface area (Å²) in [6.45, 7) is 4.57. The molecule has 7 nitrogen and oxygen atoms in total. The summed E-state index contributed by atoms with van der Waals surface area (Å²) in [7, 11) is 1.38. The third-order valence-corrected chi connectivity index (χ3v) is 8.52. The van der Waals surface area contributed by atoms with Crippen LogP contribution in [-0.4, -0.2) is 65.9 Å². The Morgan fingerprint density at radius 1 is 1.05 bits per heavy atom. The molecule has 3 aliphatic rings. The summed E-state index contributed by atoms with van der Waals surface area (Å²) in [6, 6.07) is 7.20. The zero-order valence-corrected chi connectivity index (χ0v) is 23.2. The number of amides is 3. The molecule has 2 fully saturated rings. The van der Waals surface area contributed by atoms with Gasteiger partial charge in [-0.25, -0.2) is 4.79 Å². The van der Waals surface area contributed by atoms with E-state index in [4.69, 9.17) is 4.74 Å². The Balaban J connectivity index is 1.47. The number of halogens is 6. The van der Waals surface area contributed by atoms with Crippen molar-refractivity contribution in [1.29, 1.82) is 0 Å². The highest BCUT2D eigenvalue weighted by Gasteiger charge is 2.48. The van der Waals surface area contributed by atoms with Crippen LogP contribution in [0.3, 0.4) is 0 Å². The van der Waals surface area contributed by atoms with Gasteiger partial charge in [-0.05, 0) is 61.1 Å². The SMILES string of the molecule is Cc1ccccc1[C@H]1[C@@H]2CN(C3=NC(=O)CO3)C[C@H]2CCN1C(=O)N(C)[C@H](C)c1cc(C(F)(F)F)cc(C(F)(F)F)c1. The Hall–Kier alpha value is -3.77. The third-order valence-electron chi connectivity index (χ3n) is 8.52. The molecule has 5 rings (SSSR count). The van der Waals surface area contributed by atoms with Crippen LogP contribution in [-0.2, 0) is 21.9 Å². The molecule has 226 valence electrons. The number of ether oxygens (including phenoxy) is 1. The van der Waals surface area contributed by atoms with Gasteiger partial charge in [0.15, 0.2) is 6.61 Å². The summed E-state index contributed by atoms with van der Waals surface area (Å²) in [5.41, 5.74) is -1.30. The summed E-state index contributed by atoms with van der Waals surface area (Å²) in [5, 5.41) is 0. The Kier molecular flexibility index (Phi) is 7.65. The lowest BCUT2D eigenvalue weighted by Gasteiger charge is -2.45. The normalized spacial score (nSPS) is 23.4. The number of fused-ring (bicyclic) bond motifs is 1. The zero-order chi connectivity index (χ0) is 30.6. The van der Waals surface area contributed by atoms with Gasteiger partial charge in [-0.1, -0.05) is 24.3 Å². The number of carbonyl (C=O) groups excluding carboxylic acids is 2. The van der Waals surface area contributed by atoms with Crippen molar-refractivity contribution in [3.05, 3.63) is 70.3 Å². The van der Waals surface area contributed by atoms with E-state index in [9.17, 15) is 35.9 Å². The molecule has 0 aliphatic carbocycles. The number of benzene rings is 2. The first-order valence-electron chi connectivity index (χ1n) is 13.5. The van der Waals surface area contributed by atoms with Crippen LogP contribution in [0.2, 0.25) is 0 Å². The predicted molar refractivity (Wildman–Crippen MR) is 140 cm³/mol. The van der Waals surface area contributed by atoms with Gasteiger partial charge < -0.3 is 19.4 Å². The molecule has 2 saturated heterocycles. The fourth-order valence-corrected chi connectivity index (χ4v) is 6.19. The van der Waals surface area contributed by atoms with Crippen LogP contribution in [0, 0.1) is 18.8 Å². The molecule has 0 spiro atoms. The Morgan fingerprint density at radius 2 is 1.69 bits per heavy atom. The second kappa shape index (κ2) is 10.8. The number of nitrogens with zero attached hydrogens (tertiary/aromatic N) is 4. The van der Waals surface area contributed by atoms with E-state index in [2.05, 4.69) is 4.99 Å². The quantitative estimate of drug-likeness (QED) is 0.405. The summed E-state index contributed by atoms with van der Waals surface area (Å²) in [4.78, 5) is 34.4. The molecule has 2 aromatic rings. The van der Waals surface area contributed by atoms with Crippen molar-refractivity contribution in [3.8, 4) is 0 Å². The first-order valence-corrected chi connectivity index (χ1v) is 13.5. The highest BCUT2D eigenvalue weighted by atomic mass is 19.4. The first kappa shape index (κ1) is 29.7. The zero-order valence-electron chi connectivity index (χ0n) is 23.2. The van der Waals surface area contributed by atoms with Gasteiger partial charge in [-0.2, -0.15) is 31.3 Å². The van der Waals surface area contributed by atoms with Gasteiger partial charge >= 0.3 is 18.4 Å². The lowest BCUT2D eigenvalue weighted by molar-refractivity contribution is -0.143. The predicted octanol–water partition coefficient (Wildman–Crippen LogP) is 6.05.